The monoisotopic (exact) mass is 573 g/mol. The SMILES string of the molecule is CCCSC1CC(=O)N(CC[n+]2ccc(-c3cnc(-c4ccc5c(c4)CCCO5)o3)cc2)C1=O.CS(=O)(=O)[O-]. The van der Waals surface area contributed by atoms with Gasteiger partial charge < -0.3 is 13.7 Å². The molecule has 39 heavy (non-hydrogen) atoms. The number of pyridine rings is 1. The number of carbonyl (C=O) groups is 2. The van der Waals surface area contributed by atoms with Crippen LogP contribution in [0, 0.1) is 0 Å². The van der Waals surface area contributed by atoms with E-state index < -0.39 is 10.1 Å². The molecule has 0 bridgehead atoms. The minimum atomic E-state index is -3.92. The molecule has 208 valence electrons. The number of ether oxygens (including phenoxy) is 1. The van der Waals surface area contributed by atoms with Gasteiger partial charge in [0.1, 0.15) is 5.75 Å². The van der Waals surface area contributed by atoms with Crippen LogP contribution in [-0.2, 0) is 32.7 Å². The van der Waals surface area contributed by atoms with Crippen molar-refractivity contribution in [3.63, 3.8) is 0 Å². The summed E-state index contributed by atoms with van der Waals surface area (Å²) in [5.74, 6) is 3.00. The molecule has 2 aliphatic rings. The summed E-state index contributed by atoms with van der Waals surface area (Å²) >= 11 is 1.59. The second-order valence-corrected chi connectivity index (χ2v) is 12.0. The predicted molar refractivity (Wildman–Crippen MR) is 145 cm³/mol. The molecule has 0 aliphatic carbocycles. The van der Waals surface area contributed by atoms with Crippen molar-refractivity contribution in [1.82, 2.24) is 9.88 Å². The second-order valence-electron chi connectivity index (χ2n) is 9.28. The van der Waals surface area contributed by atoms with Crippen molar-refractivity contribution in [1.29, 1.82) is 0 Å². The number of oxazole rings is 1. The van der Waals surface area contributed by atoms with Gasteiger partial charge in [0.15, 0.2) is 24.7 Å². The average molecular weight is 574 g/mol. The Hall–Kier alpha value is -3.22. The Morgan fingerprint density at radius 2 is 1.92 bits per heavy atom. The highest BCUT2D eigenvalue weighted by molar-refractivity contribution is 8.00. The largest absolute Gasteiger partial charge is 0.748 e. The van der Waals surface area contributed by atoms with Crippen LogP contribution in [-0.4, -0.2) is 65.1 Å². The zero-order valence-electron chi connectivity index (χ0n) is 21.9. The third-order valence-corrected chi connectivity index (χ3v) is 7.56. The first-order valence-corrected chi connectivity index (χ1v) is 15.6. The standard InChI is InChI=1S/C26H28N3O4S.CH4O3S/c1-2-14-34-23-16-24(30)29(26(23)31)12-11-28-9-7-18(8-10-28)22-17-27-25(33-22)20-5-6-21-19(15-20)4-3-13-32-21;1-5(2,3)4/h5-10,15,17,23H,2-4,11-14,16H2,1H3;1H3,(H,2,3,4)/q+1;/p-1. The van der Waals surface area contributed by atoms with E-state index >= 15 is 0 Å². The summed E-state index contributed by atoms with van der Waals surface area (Å²) in [6.45, 7) is 3.79. The van der Waals surface area contributed by atoms with Gasteiger partial charge in [-0.15, -0.1) is 11.8 Å². The molecule has 0 radical (unpaired) electrons. The van der Waals surface area contributed by atoms with Crippen molar-refractivity contribution < 1.29 is 36.3 Å². The van der Waals surface area contributed by atoms with Crippen LogP contribution in [0.15, 0.2) is 53.3 Å². The van der Waals surface area contributed by atoms with Gasteiger partial charge >= 0.3 is 0 Å². The zero-order chi connectivity index (χ0) is 28.0. The summed E-state index contributed by atoms with van der Waals surface area (Å²) < 4.78 is 40.9. The molecule has 1 unspecified atom stereocenters. The van der Waals surface area contributed by atoms with E-state index in [-0.39, 0.29) is 17.1 Å². The molecule has 1 aromatic carbocycles. The molecular formula is C27H31N3O7S2. The second kappa shape index (κ2) is 12.8. The number of aromatic nitrogens is 2. The molecule has 2 aliphatic heterocycles. The Morgan fingerprint density at radius 3 is 2.64 bits per heavy atom. The summed E-state index contributed by atoms with van der Waals surface area (Å²) in [5, 5.41) is -0.219. The van der Waals surface area contributed by atoms with Crippen LogP contribution in [0.4, 0.5) is 0 Å². The third kappa shape index (κ3) is 7.90. The minimum Gasteiger partial charge on any atom is -0.748 e. The third-order valence-electron chi connectivity index (χ3n) is 6.14. The molecule has 12 heteroatoms. The van der Waals surface area contributed by atoms with E-state index in [1.165, 1.54) is 10.5 Å². The van der Waals surface area contributed by atoms with Gasteiger partial charge in [0.05, 0.1) is 34.7 Å². The van der Waals surface area contributed by atoms with Crippen LogP contribution < -0.4 is 9.30 Å². The van der Waals surface area contributed by atoms with E-state index in [0.29, 0.717) is 37.4 Å². The fourth-order valence-electron chi connectivity index (χ4n) is 4.30. The van der Waals surface area contributed by atoms with Gasteiger partial charge in [0, 0.05) is 35.9 Å². The number of hydrogen-bond acceptors (Lipinski definition) is 9. The van der Waals surface area contributed by atoms with Gasteiger partial charge in [-0.25, -0.2) is 18.0 Å². The number of hydrogen-bond donors (Lipinski definition) is 0. The van der Waals surface area contributed by atoms with E-state index in [4.69, 9.17) is 22.1 Å². The molecule has 4 heterocycles. The normalized spacial score (nSPS) is 16.9. The van der Waals surface area contributed by atoms with Crippen LogP contribution in [0.25, 0.3) is 22.8 Å². The van der Waals surface area contributed by atoms with Gasteiger partial charge in [0.25, 0.3) is 0 Å². The minimum absolute atomic E-state index is 0.0522. The molecule has 1 atom stereocenters. The Bertz CT molecular complexity index is 1410. The summed E-state index contributed by atoms with van der Waals surface area (Å²) in [5.41, 5.74) is 3.05. The lowest BCUT2D eigenvalue weighted by Gasteiger charge is -2.17. The van der Waals surface area contributed by atoms with Gasteiger partial charge in [0.2, 0.25) is 17.7 Å². The molecule has 1 saturated heterocycles. The first kappa shape index (κ1) is 28.8. The van der Waals surface area contributed by atoms with E-state index in [0.717, 1.165) is 48.5 Å². The highest BCUT2D eigenvalue weighted by Gasteiger charge is 2.38. The quantitative estimate of drug-likeness (QED) is 0.226. The lowest BCUT2D eigenvalue weighted by Crippen LogP contribution is -2.42. The molecule has 3 aromatic rings. The first-order valence-electron chi connectivity index (χ1n) is 12.7. The smallest absolute Gasteiger partial charge is 0.243 e. The molecule has 0 saturated carbocycles. The van der Waals surface area contributed by atoms with Crippen LogP contribution in [0.3, 0.4) is 0 Å². The number of fused-ring (bicyclic) bond motifs is 1. The Morgan fingerprint density at radius 1 is 1.18 bits per heavy atom. The molecule has 0 spiro atoms. The molecule has 5 rings (SSSR count). The number of aryl methyl sites for hydroxylation is 1. The number of rotatable bonds is 8. The number of nitrogens with zero attached hydrogens (tertiary/aromatic N) is 3. The summed E-state index contributed by atoms with van der Waals surface area (Å²) in [4.78, 5) is 30.7. The maximum Gasteiger partial charge on any atom is 0.243 e. The lowest BCUT2D eigenvalue weighted by atomic mass is 10.0. The van der Waals surface area contributed by atoms with Gasteiger partial charge in [-0.05, 0) is 48.8 Å². The molecule has 10 nitrogen and oxygen atoms in total. The van der Waals surface area contributed by atoms with E-state index in [9.17, 15) is 9.59 Å². The molecule has 2 amide bonds. The molecule has 1 fully saturated rings. The Balaban J connectivity index is 0.000000648. The van der Waals surface area contributed by atoms with Crippen LogP contribution in [0.2, 0.25) is 0 Å². The number of amides is 2. The number of thioether (sulfide) groups is 1. The van der Waals surface area contributed by atoms with Crippen LogP contribution >= 0.6 is 11.8 Å². The summed E-state index contributed by atoms with van der Waals surface area (Å²) in [7, 11) is -3.92. The fourth-order valence-corrected chi connectivity index (χ4v) is 5.35. The van der Waals surface area contributed by atoms with Crippen LogP contribution in [0.1, 0.15) is 31.7 Å². The lowest BCUT2D eigenvalue weighted by molar-refractivity contribution is -0.695. The fraction of sp³-hybridized carbons (Fsp3) is 0.407. The Labute approximate surface area is 232 Å². The van der Waals surface area contributed by atoms with Gasteiger partial charge in [-0.2, -0.15) is 0 Å². The summed E-state index contributed by atoms with van der Waals surface area (Å²) in [6.07, 6.45) is 9.55. The topological polar surface area (TPSA) is 134 Å². The van der Waals surface area contributed by atoms with Crippen molar-refractivity contribution in [2.75, 3.05) is 25.2 Å². The average Bonchev–Trinajstić information content (AvgIpc) is 3.50. The first-order chi connectivity index (χ1) is 18.6. The number of likely N-dealkylation sites (tertiary alicyclic amines) is 1. The summed E-state index contributed by atoms with van der Waals surface area (Å²) in [6, 6.07) is 9.97. The number of imide groups is 1. The number of carbonyl (C=O) groups excluding carboxylic acids is 2. The predicted octanol–water partition coefficient (Wildman–Crippen LogP) is 3.05. The van der Waals surface area contributed by atoms with Gasteiger partial charge in [-0.1, -0.05) is 6.92 Å². The zero-order valence-corrected chi connectivity index (χ0v) is 23.5. The van der Waals surface area contributed by atoms with Gasteiger partial charge in [-0.3, -0.25) is 14.5 Å². The van der Waals surface area contributed by atoms with Crippen molar-refractivity contribution in [3.05, 3.63) is 54.5 Å². The number of benzene rings is 1. The maximum absolute atomic E-state index is 12.5. The molecule has 0 N–H and O–H groups in total. The highest BCUT2D eigenvalue weighted by atomic mass is 32.2. The van der Waals surface area contributed by atoms with Crippen molar-refractivity contribution in [3.8, 4) is 28.5 Å². The van der Waals surface area contributed by atoms with Crippen LogP contribution in [0.5, 0.6) is 5.75 Å². The van der Waals surface area contributed by atoms with E-state index in [1.807, 2.05) is 41.2 Å². The van der Waals surface area contributed by atoms with E-state index in [2.05, 4.69) is 18.0 Å². The molecule has 2 aromatic heterocycles. The van der Waals surface area contributed by atoms with Crippen molar-refractivity contribution in [2.24, 2.45) is 0 Å². The van der Waals surface area contributed by atoms with Crippen molar-refractivity contribution in [2.45, 2.75) is 44.4 Å². The van der Waals surface area contributed by atoms with E-state index in [1.54, 1.807) is 18.0 Å². The maximum atomic E-state index is 12.5. The Kier molecular flexibility index (Phi) is 9.41. The van der Waals surface area contributed by atoms with Crippen molar-refractivity contribution >= 4 is 33.7 Å². The highest BCUT2D eigenvalue weighted by Crippen LogP contribution is 2.31. The molecular weight excluding hydrogens is 542 g/mol.